The molecule has 1 amide bonds. The summed E-state index contributed by atoms with van der Waals surface area (Å²) in [5.74, 6) is 0. The highest BCUT2D eigenvalue weighted by Gasteiger charge is 2.31. The van der Waals surface area contributed by atoms with Crippen molar-refractivity contribution >= 4 is 6.09 Å². The van der Waals surface area contributed by atoms with Crippen LogP contribution in [0.5, 0.6) is 0 Å². The van der Waals surface area contributed by atoms with Crippen LogP contribution in [0.2, 0.25) is 0 Å². The average molecular weight is 299 g/mol. The van der Waals surface area contributed by atoms with E-state index in [1.165, 1.54) is 6.42 Å². The molecule has 1 heterocycles. The van der Waals surface area contributed by atoms with E-state index < -0.39 is 5.60 Å². The van der Waals surface area contributed by atoms with Crippen molar-refractivity contribution in [2.45, 2.75) is 96.8 Å². The molecule has 1 rings (SSSR count). The molecule has 124 valence electrons. The van der Waals surface area contributed by atoms with E-state index in [4.69, 9.17) is 4.74 Å². The van der Waals surface area contributed by atoms with Crippen molar-refractivity contribution in [1.29, 1.82) is 0 Å². The molecule has 0 saturated carbocycles. The molecule has 2 atom stereocenters. The largest absolute Gasteiger partial charge is 0.444 e. The Labute approximate surface area is 129 Å². The van der Waals surface area contributed by atoms with E-state index in [2.05, 4.69) is 6.92 Å². The first-order valence-corrected chi connectivity index (χ1v) is 8.51. The Morgan fingerprint density at radius 3 is 2.67 bits per heavy atom. The van der Waals surface area contributed by atoms with Crippen molar-refractivity contribution in [3.63, 3.8) is 0 Å². The average Bonchev–Trinajstić information content (AvgIpc) is 2.37. The van der Waals surface area contributed by atoms with Crippen molar-refractivity contribution in [3.8, 4) is 0 Å². The smallest absolute Gasteiger partial charge is 0.410 e. The summed E-state index contributed by atoms with van der Waals surface area (Å²) in [5, 5.41) is 10.2. The van der Waals surface area contributed by atoms with Gasteiger partial charge in [0, 0.05) is 12.6 Å². The van der Waals surface area contributed by atoms with Crippen LogP contribution < -0.4 is 0 Å². The summed E-state index contributed by atoms with van der Waals surface area (Å²) in [6.07, 6.45) is 7.53. The fraction of sp³-hybridized carbons (Fsp3) is 0.941. The number of likely N-dealkylation sites (tertiary alicyclic amines) is 1. The summed E-state index contributed by atoms with van der Waals surface area (Å²) in [5.41, 5.74) is -0.460. The summed E-state index contributed by atoms with van der Waals surface area (Å²) in [6.45, 7) is 8.59. The fourth-order valence-corrected chi connectivity index (χ4v) is 2.87. The highest BCUT2D eigenvalue weighted by atomic mass is 16.6. The number of carbonyl (C=O) groups excluding carboxylic acids is 1. The van der Waals surface area contributed by atoms with Gasteiger partial charge < -0.3 is 14.7 Å². The molecule has 1 fully saturated rings. The van der Waals surface area contributed by atoms with Crippen LogP contribution >= 0.6 is 0 Å². The Balaban J connectivity index is 2.50. The van der Waals surface area contributed by atoms with Crippen LogP contribution in [-0.4, -0.2) is 40.4 Å². The summed E-state index contributed by atoms with van der Waals surface area (Å²) >= 11 is 0. The van der Waals surface area contributed by atoms with Gasteiger partial charge in [-0.3, -0.25) is 0 Å². The van der Waals surface area contributed by atoms with E-state index in [-0.39, 0.29) is 18.2 Å². The van der Waals surface area contributed by atoms with Crippen LogP contribution in [0.4, 0.5) is 4.79 Å². The lowest BCUT2D eigenvalue weighted by Crippen LogP contribution is -2.47. The number of hydrogen-bond acceptors (Lipinski definition) is 3. The van der Waals surface area contributed by atoms with Gasteiger partial charge in [-0.2, -0.15) is 0 Å². The Bertz CT molecular complexity index is 312. The summed E-state index contributed by atoms with van der Waals surface area (Å²) in [7, 11) is 0. The maximum absolute atomic E-state index is 12.3. The number of aliphatic hydroxyl groups is 1. The molecule has 0 unspecified atom stereocenters. The predicted molar refractivity (Wildman–Crippen MR) is 85.3 cm³/mol. The molecule has 0 spiro atoms. The third kappa shape index (κ3) is 7.16. The van der Waals surface area contributed by atoms with Gasteiger partial charge in [0.05, 0.1) is 6.10 Å². The summed E-state index contributed by atoms with van der Waals surface area (Å²) in [4.78, 5) is 14.1. The molecule has 0 aromatic heterocycles. The topological polar surface area (TPSA) is 49.8 Å². The van der Waals surface area contributed by atoms with E-state index in [9.17, 15) is 9.90 Å². The minimum Gasteiger partial charge on any atom is -0.444 e. The van der Waals surface area contributed by atoms with Crippen molar-refractivity contribution < 1.29 is 14.6 Å². The number of rotatable bonds is 6. The van der Waals surface area contributed by atoms with E-state index in [0.717, 1.165) is 45.1 Å². The number of nitrogens with zero attached hydrogens (tertiary/aromatic N) is 1. The van der Waals surface area contributed by atoms with E-state index in [1.54, 1.807) is 0 Å². The molecule has 1 aliphatic heterocycles. The van der Waals surface area contributed by atoms with Crippen molar-refractivity contribution in [2.24, 2.45) is 0 Å². The van der Waals surface area contributed by atoms with Gasteiger partial charge in [-0.1, -0.05) is 26.2 Å². The van der Waals surface area contributed by atoms with Crippen LogP contribution in [-0.2, 0) is 4.74 Å². The molecular formula is C17H33NO3. The molecule has 0 bridgehead atoms. The third-order valence-corrected chi connectivity index (χ3v) is 3.94. The minimum absolute atomic E-state index is 0.130. The van der Waals surface area contributed by atoms with E-state index in [1.807, 2.05) is 25.7 Å². The van der Waals surface area contributed by atoms with Crippen molar-refractivity contribution in [2.75, 3.05) is 6.54 Å². The van der Waals surface area contributed by atoms with Gasteiger partial charge in [0.25, 0.3) is 0 Å². The zero-order valence-corrected chi connectivity index (χ0v) is 14.2. The maximum atomic E-state index is 12.3. The molecular weight excluding hydrogens is 266 g/mol. The van der Waals surface area contributed by atoms with E-state index >= 15 is 0 Å². The first-order valence-electron chi connectivity index (χ1n) is 8.51. The van der Waals surface area contributed by atoms with Gasteiger partial charge in [0.1, 0.15) is 5.60 Å². The predicted octanol–water partition coefficient (Wildman–Crippen LogP) is 4.11. The van der Waals surface area contributed by atoms with Crippen LogP contribution in [0, 0.1) is 0 Å². The second-order valence-electron chi connectivity index (χ2n) is 7.21. The molecule has 0 aromatic carbocycles. The van der Waals surface area contributed by atoms with Crippen molar-refractivity contribution in [3.05, 3.63) is 0 Å². The number of unbranched alkanes of at least 4 members (excludes halogenated alkanes) is 2. The molecule has 1 N–H and O–H groups in total. The Kier molecular flexibility index (Phi) is 7.50. The first kappa shape index (κ1) is 18.3. The van der Waals surface area contributed by atoms with Gasteiger partial charge in [-0.15, -0.1) is 0 Å². The van der Waals surface area contributed by atoms with Gasteiger partial charge >= 0.3 is 6.09 Å². The molecule has 4 nitrogen and oxygen atoms in total. The second-order valence-corrected chi connectivity index (χ2v) is 7.21. The second kappa shape index (κ2) is 8.62. The Morgan fingerprint density at radius 1 is 1.33 bits per heavy atom. The number of piperidine rings is 1. The third-order valence-electron chi connectivity index (χ3n) is 3.94. The van der Waals surface area contributed by atoms with Crippen LogP contribution in [0.15, 0.2) is 0 Å². The monoisotopic (exact) mass is 299 g/mol. The number of aliphatic hydroxyl groups excluding tert-OH is 1. The molecule has 1 saturated heterocycles. The standard InChI is InChI=1S/C17H33NO3/c1-5-6-7-11-15(19)13-14-10-8-9-12-18(14)16(20)21-17(2,3)4/h14-15,19H,5-13H2,1-4H3/t14-,15-/m1/s1. The van der Waals surface area contributed by atoms with Crippen LogP contribution in [0.3, 0.4) is 0 Å². The zero-order valence-electron chi connectivity index (χ0n) is 14.2. The summed E-state index contributed by atoms with van der Waals surface area (Å²) in [6, 6.07) is 0.130. The Hall–Kier alpha value is -0.770. The van der Waals surface area contributed by atoms with Crippen LogP contribution in [0.25, 0.3) is 0 Å². The number of ether oxygens (including phenoxy) is 1. The first-order chi connectivity index (χ1) is 9.83. The number of amides is 1. The molecule has 4 heteroatoms. The normalized spacial score (nSPS) is 21.2. The Morgan fingerprint density at radius 2 is 2.05 bits per heavy atom. The van der Waals surface area contributed by atoms with Gasteiger partial charge in [0.15, 0.2) is 0 Å². The fourth-order valence-electron chi connectivity index (χ4n) is 2.87. The van der Waals surface area contributed by atoms with E-state index in [0.29, 0.717) is 6.42 Å². The minimum atomic E-state index is -0.460. The molecule has 0 aromatic rings. The highest BCUT2D eigenvalue weighted by molar-refractivity contribution is 5.68. The number of hydrogen-bond donors (Lipinski definition) is 1. The molecule has 1 aliphatic rings. The van der Waals surface area contributed by atoms with Crippen molar-refractivity contribution in [1.82, 2.24) is 4.90 Å². The zero-order chi connectivity index (χ0) is 15.9. The van der Waals surface area contributed by atoms with Crippen LogP contribution in [0.1, 0.15) is 79.1 Å². The van der Waals surface area contributed by atoms with Gasteiger partial charge in [0.2, 0.25) is 0 Å². The summed E-state index contributed by atoms with van der Waals surface area (Å²) < 4.78 is 5.49. The number of carbonyl (C=O) groups is 1. The van der Waals surface area contributed by atoms with Gasteiger partial charge in [-0.05, 0) is 52.9 Å². The highest BCUT2D eigenvalue weighted by Crippen LogP contribution is 2.24. The quantitative estimate of drug-likeness (QED) is 0.751. The van der Waals surface area contributed by atoms with Gasteiger partial charge in [-0.25, -0.2) is 4.79 Å². The molecule has 0 radical (unpaired) electrons. The lowest BCUT2D eigenvalue weighted by atomic mass is 9.95. The molecule has 21 heavy (non-hydrogen) atoms. The molecule has 0 aliphatic carbocycles. The maximum Gasteiger partial charge on any atom is 0.410 e. The lowest BCUT2D eigenvalue weighted by Gasteiger charge is -2.37. The SMILES string of the molecule is CCCCC[C@@H](O)C[C@H]1CCCCN1C(=O)OC(C)(C)C. The lowest BCUT2D eigenvalue weighted by molar-refractivity contribution is 0.00194.